The fourth-order valence-corrected chi connectivity index (χ4v) is 3.06. The fraction of sp³-hybridized carbons (Fsp3) is 0.333. The SMILES string of the molecule is NC1CCC(O)(c2ccc(-c3ccccc3C=O)cn2)CC1. The second kappa shape index (κ2) is 5.99. The van der Waals surface area contributed by atoms with Crippen molar-refractivity contribution in [3.8, 4) is 11.1 Å². The van der Waals surface area contributed by atoms with Crippen molar-refractivity contribution in [1.29, 1.82) is 0 Å². The Labute approximate surface area is 130 Å². The zero-order valence-electron chi connectivity index (χ0n) is 12.4. The molecule has 3 rings (SSSR count). The Morgan fingerprint density at radius 1 is 1.18 bits per heavy atom. The highest BCUT2D eigenvalue weighted by Gasteiger charge is 2.34. The predicted octanol–water partition coefficient (Wildman–Crippen LogP) is 2.65. The number of benzene rings is 1. The van der Waals surface area contributed by atoms with Crippen LogP contribution in [0.3, 0.4) is 0 Å². The monoisotopic (exact) mass is 296 g/mol. The summed E-state index contributed by atoms with van der Waals surface area (Å²) < 4.78 is 0. The van der Waals surface area contributed by atoms with E-state index >= 15 is 0 Å². The van der Waals surface area contributed by atoms with Crippen molar-refractivity contribution in [3.63, 3.8) is 0 Å². The molecule has 1 aliphatic rings. The molecule has 0 amide bonds. The van der Waals surface area contributed by atoms with E-state index in [0.717, 1.165) is 30.3 Å². The van der Waals surface area contributed by atoms with E-state index in [4.69, 9.17) is 5.73 Å². The van der Waals surface area contributed by atoms with Gasteiger partial charge in [0.15, 0.2) is 6.29 Å². The molecule has 1 saturated carbocycles. The highest BCUT2D eigenvalue weighted by atomic mass is 16.3. The number of pyridine rings is 1. The quantitative estimate of drug-likeness (QED) is 0.854. The number of aldehydes is 1. The number of carbonyl (C=O) groups is 1. The van der Waals surface area contributed by atoms with E-state index in [2.05, 4.69) is 4.98 Å². The van der Waals surface area contributed by atoms with Gasteiger partial charge in [-0.05, 0) is 37.3 Å². The number of hydrogen-bond donors (Lipinski definition) is 2. The van der Waals surface area contributed by atoms with Crippen LogP contribution in [-0.4, -0.2) is 22.4 Å². The molecule has 114 valence electrons. The zero-order valence-corrected chi connectivity index (χ0v) is 12.4. The van der Waals surface area contributed by atoms with Gasteiger partial charge in [-0.3, -0.25) is 9.78 Å². The molecular formula is C18H20N2O2. The van der Waals surface area contributed by atoms with Gasteiger partial charge >= 0.3 is 0 Å². The molecule has 0 saturated heterocycles. The standard InChI is InChI=1S/C18H20N2O2/c19-15-7-9-18(22,10-8-15)17-6-5-13(11-20-17)16-4-2-1-3-14(16)12-21/h1-6,11-12,15,22H,7-10,19H2. The maximum Gasteiger partial charge on any atom is 0.150 e. The van der Waals surface area contributed by atoms with Crippen molar-refractivity contribution in [2.75, 3.05) is 0 Å². The van der Waals surface area contributed by atoms with Crippen LogP contribution in [0.15, 0.2) is 42.6 Å². The Kier molecular flexibility index (Phi) is 4.05. The van der Waals surface area contributed by atoms with Crippen molar-refractivity contribution in [2.24, 2.45) is 5.73 Å². The molecule has 2 aromatic rings. The summed E-state index contributed by atoms with van der Waals surface area (Å²) in [6.07, 6.45) is 5.49. The van der Waals surface area contributed by atoms with Crippen LogP contribution in [0.4, 0.5) is 0 Å². The average Bonchev–Trinajstić information content (AvgIpc) is 2.58. The topological polar surface area (TPSA) is 76.2 Å². The van der Waals surface area contributed by atoms with Gasteiger partial charge in [0.25, 0.3) is 0 Å². The molecule has 0 aliphatic heterocycles. The van der Waals surface area contributed by atoms with Crippen LogP contribution < -0.4 is 5.73 Å². The van der Waals surface area contributed by atoms with E-state index in [1.165, 1.54) is 0 Å². The van der Waals surface area contributed by atoms with Crippen molar-refractivity contribution in [1.82, 2.24) is 4.98 Å². The molecule has 1 aromatic heterocycles. The Hall–Kier alpha value is -2.04. The molecule has 1 aliphatic carbocycles. The Bertz CT molecular complexity index is 659. The van der Waals surface area contributed by atoms with E-state index in [1.54, 1.807) is 12.3 Å². The molecule has 3 N–H and O–H groups in total. The number of hydrogen-bond acceptors (Lipinski definition) is 4. The maximum absolute atomic E-state index is 11.1. The lowest BCUT2D eigenvalue weighted by Gasteiger charge is -2.34. The summed E-state index contributed by atoms with van der Waals surface area (Å²) in [5, 5.41) is 10.7. The summed E-state index contributed by atoms with van der Waals surface area (Å²) >= 11 is 0. The summed E-state index contributed by atoms with van der Waals surface area (Å²) in [6.45, 7) is 0. The first-order valence-corrected chi connectivity index (χ1v) is 7.61. The van der Waals surface area contributed by atoms with Gasteiger partial charge in [0, 0.05) is 23.4 Å². The summed E-state index contributed by atoms with van der Waals surface area (Å²) in [4.78, 5) is 15.6. The summed E-state index contributed by atoms with van der Waals surface area (Å²) in [5.74, 6) is 0. The van der Waals surface area contributed by atoms with Crippen molar-refractivity contribution in [3.05, 3.63) is 53.9 Å². The maximum atomic E-state index is 11.1. The van der Waals surface area contributed by atoms with E-state index in [-0.39, 0.29) is 6.04 Å². The average molecular weight is 296 g/mol. The number of nitrogens with two attached hydrogens (primary N) is 1. The number of carbonyl (C=O) groups excluding carboxylic acids is 1. The lowest BCUT2D eigenvalue weighted by Crippen LogP contribution is -2.37. The summed E-state index contributed by atoms with van der Waals surface area (Å²) in [6, 6.07) is 11.4. The molecular weight excluding hydrogens is 276 g/mol. The Morgan fingerprint density at radius 2 is 1.91 bits per heavy atom. The van der Waals surface area contributed by atoms with Gasteiger partial charge in [0.2, 0.25) is 0 Å². The van der Waals surface area contributed by atoms with Crippen LogP contribution in [0.25, 0.3) is 11.1 Å². The molecule has 0 radical (unpaired) electrons. The highest BCUT2D eigenvalue weighted by Crippen LogP contribution is 2.36. The van der Waals surface area contributed by atoms with Crippen LogP contribution in [0.2, 0.25) is 0 Å². The molecule has 4 heteroatoms. The van der Waals surface area contributed by atoms with E-state index in [0.29, 0.717) is 24.1 Å². The number of aromatic nitrogens is 1. The lowest BCUT2D eigenvalue weighted by atomic mass is 9.80. The molecule has 1 heterocycles. The Balaban J connectivity index is 1.88. The van der Waals surface area contributed by atoms with Gasteiger partial charge in [-0.25, -0.2) is 0 Å². The van der Waals surface area contributed by atoms with Gasteiger partial charge in [-0.1, -0.05) is 30.3 Å². The smallest absolute Gasteiger partial charge is 0.150 e. The van der Waals surface area contributed by atoms with Crippen molar-refractivity contribution < 1.29 is 9.90 Å². The van der Waals surface area contributed by atoms with E-state index in [1.807, 2.05) is 30.3 Å². The number of rotatable bonds is 3. The molecule has 0 bridgehead atoms. The lowest BCUT2D eigenvalue weighted by molar-refractivity contribution is -0.00885. The minimum atomic E-state index is -0.876. The van der Waals surface area contributed by atoms with E-state index in [9.17, 15) is 9.90 Å². The molecule has 1 aromatic carbocycles. The molecule has 1 fully saturated rings. The van der Waals surface area contributed by atoms with Gasteiger partial charge < -0.3 is 10.8 Å². The third-order valence-electron chi connectivity index (χ3n) is 4.50. The van der Waals surface area contributed by atoms with Crippen molar-refractivity contribution >= 4 is 6.29 Å². The van der Waals surface area contributed by atoms with Crippen LogP contribution in [0.1, 0.15) is 41.7 Å². The molecule has 0 spiro atoms. The third-order valence-corrected chi connectivity index (χ3v) is 4.50. The largest absolute Gasteiger partial charge is 0.384 e. The molecule has 0 unspecified atom stereocenters. The van der Waals surface area contributed by atoms with Crippen LogP contribution in [-0.2, 0) is 5.60 Å². The first kappa shape index (κ1) is 14.9. The van der Waals surface area contributed by atoms with Gasteiger partial charge in [-0.2, -0.15) is 0 Å². The minimum Gasteiger partial charge on any atom is -0.384 e. The predicted molar refractivity (Wildman–Crippen MR) is 85.4 cm³/mol. The molecule has 0 atom stereocenters. The van der Waals surface area contributed by atoms with Gasteiger partial charge in [0.1, 0.15) is 5.60 Å². The van der Waals surface area contributed by atoms with Gasteiger partial charge in [-0.15, -0.1) is 0 Å². The van der Waals surface area contributed by atoms with Crippen LogP contribution in [0, 0.1) is 0 Å². The van der Waals surface area contributed by atoms with Crippen LogP contribution >= 0.6 is 0 Å². The zero-order chi connectivity index (χ0) is 15.6. The first-order chi connectivity index (χ1) is 10.6. The van der Waals surface area contributed by atoms with Gasteiger partial charge in [0.05, 0.1) is 5.69 Å². The summed E-state index contributed by atoms with van der Waals surface area (Å²) in [5.41, 5.74) is 8.08. The third kappa shape index (κ3) is 2.80. The highest BCUT2D eigenvalue weighted by molar-refractivity contribution is 5.87. The van der Waals surface area contributed by atoms with Crippen molar-refractivity contribution in [2.45, 2.75) is 37.3 Å². The summed E-state index contributed by atoms with van der Waals surface area (Å²) in [7, 11) is 0. The molecule has 22 heavy (non-hydrogen) atoms. The first-order valence-electron chi connectivity index (χ1n) is 7.61. The second-order valence-electron chi connectivity index (χ2n) is 6.01. The second-order valence-corrected chi connectivity index (χ2v) is 6.01. The fourth-order valence-electron chi connectivity index (χ4n) is 3.06. The Morgan fingerprint density at radius 3 is 2.55 bits per heavy atom. The normalized spacial score (nSPS) is 24.9. The molecule has 4 nitrogen and oxygen atoms in total. The minimum absolute atomic E-state index is 0.180. The number of nitrogens with zero attached hydrogens (tertiary/aromatic N) is 1. The number of aliphatic hydroxyl groups is 1. The van der Waals surface area contributed by atoms with E-state index < -0.39 is 5.60 Å². The van der Waals surface area contributed by atoms with Crippen LogP contribution in [0.5, 0.6) is 0 Å².